The van der Waals surface area contributed by atoms with E-state index < -0.39 is 0 Å². The van der Waals surface area contributed by atoms with Crippen LogP contribution in [0.5, 0.6) is 5.75 Å². The molecule has 1 aromatic rings. The van der Waals surface area contributed by atoms with Gasteiger partial charge in [-0.25, -0.2) is 0 Å². The Morgan fingerprint density at radius 3 is 3.10 bits per heavy atom. The molecule has 2 aliphatic heterocycles. The molecule has 0 saturated carbocycles. The highest BCUT2D eigenvalue weighted by atomic mass is 16.5. The number of ether oxygens (including phenoxy) is 1. The minimum absolute atomic E-state index is 0.345. The molecule has 1 fully saturated rings. The lowest BCUT2D eigenvalue weighted by atomic mass is 10.0. The van der Waals surface area contributed by atoms with E-state index in [-0.39, 0.29) is 0 Å². The number of likely N-dealkylation sites (tertiary alicyclic amines) is 1. The molecule has 2 aliphatic rings. The van der Waals surface area contributed by atoms with Gasteiger partial charge in [0, 0.05) is 25.6 Å². The number of rotatable bonds is 5. The van der Waals surface area contributed by atoms with Crippen molar-refractivity contribution in [1.29, 1.82) is 0 Å². The third-order valence-corrected chi connectivity index (χ3v) is 4.36. The molecule has 20 heavy (non-hydrogen) atoms. The zero-order valence-corrected chi connectivity index (χ0v) is 12.5. The van der Waals surface area contributed by atoms with Crippen molar-refractivity contribution in [3.63, 3.8) is 0 Å². The van der Waals surface area contributed by atoms with Gasteiger partial charge in [-0.1, -0.05) is 25.1 Å². The van der Waals surface area contributed by atoms with E-state index >= 15 is 0 Å². The summed E-state index contributed by atoms with van der Waals surface area (Å²) in [6.07, 6.45) is 5.26. The SMILES string of the molecule is CCCNC1CCCN(CC2Cc3ccccc3O2)C1. The summed E-state index contributed by atoms with van der Waals surface area (Å²) in [6, 6.07) is 9.13. The van der Waals surface area contributed by atoms with Crippen molar-refractivity contribution in [3.05, 3.63) is 29.8 Å². The third-order valence-electron chi connectivity index (χ3n) is 4.36. The molecule has 0 aliphatic carbocycles. The Morgan fingerprint density at radius 2 is 2.25 bits per heavy atom. The maximum atomic E-state index is 6.06. The second-order valence-electron chi connectivity index (χ2n) is 6.10. The topological polar surface area (TPSA) is 24.5 Å². The summed E-state index contributed by atoms with van der Waals surface area (Å²) in [5.74, 6) is 1.09. The van der Waals surface area contributed by atoms with Gasteiger partial charge in [0.2, 0.25) is 0 Å². The van der Waals surface area contributed by atoms with Crippen LogP contribution in [0.25, 0.3) is 0 Å². The number of benzene rings is 1. The Morgan fingerprint density at radius 1 is 1.35 bits per heavy atom. The molecule has 0 spiro atoms. The molecule has 1 N–H and O–H groups in total. The summed E-state index contributed by atoms with van der Waals surface area (Å²) in [7, 11) is 0. The third kappa shape index (κ3) is 3.33. The summed E-state index contributed by atoms with van der Waals surface area (Å²) in [6.45, 7) is 6.84. The summed E-state index contributed by atoms with van der Waals surface area (Å²) in [4.78, 5) is 2.58. The van der Waals surface area contributed by atoms with Crippen molar-refractivity contribution in [2.45, 2.75) is 44.8 Å². The summed E-state index contributed by atoms with van der Waals surface area (Å²) in [5, 5.41) is 3.66. The van der Waals surface area contributed by atoms with E-state index in [1.807, 2.05) is 0 Å². The fourth-order valence-electron chi connectivity index (χ4n) is 3.38. The van der Waals surface area contributed by atoms with Gasteiger partial charge in [-0.15, -0.1) is 0 Å². The van der Waals surface area contributed by atoms with Crippen LogP contribution in [0.3, 0.4) is 0 Å². The molecule has 1 aromatic carbocycles. The van der Waals surface area contributed by atoms with Crippen molar-refractivity contribution >= 4 is 0 Å². The summed E-state index contributed by atoms with van der Waals surface area (Å²) < 4.78 is 6.06. The average molecular weight is 274 g/mol. The van der Waals surface area contributed by atoms with E-state index in [9.17, 15) is 0 Å². The molecule has 110 valence electrons. The largest absolute Gasteiger partial charge is 0.488 e. The fourth-order valence-corrected chi connectivity index (χ4v) is 3.38. The Balaban J connectivity index is 1.49. The van der Waals surface area contributed by atoms with Crippen molar-refractivity contribution in [2.75, 3.05) is 26.2 Å². The molecule has 3 heteroatoms. The molecule has 2 unspecified atom stereocenters. The van der Waals surface area contributed by atoms with Crippen LogP contribution in [-0.2, 0) is 6.42 Å². The Hall–Kier alpha value is -1.06. The van der Waals surface area contributed by atoms with Crippen LogP contribution in [0.2, 0.25) is 0 Å². The number of para-hydroxylation sites is 1. The first kappa shape index (κ1) is 13.9. The van der Waals surface area contributed by atoms with E-state index in [0.29, 0.717) is 12.1 Å². The summed E-state index contributed by atoms with van der Waals surface area (Å²) in [5.41, 5.74) is 1.37. The zero-order valence-electron chi connectivity index (χ0n) is 12.5. The maximum Gasteiger partial charge on any atom is 0.123 e. The van der Waals surface area contributed by atoms with Crippen LogP contribution in [0, 0.1) is 0 Å². The minimum Gasteiger partial charge on any atom is -0.488 e. The second kappa shape index (κ2) is 6.59. The zero-order chi connectivity index (χ0) is 13.8. The first-order chi connectivity index (χ1) is 9.85. The van der Waals surface area contributed by atoms with Crippen LogP contribution < -0.4 is 10.1 Å². The van der Waals surface area contributed by atoms with Gasteiger partial charge in [0.05, 0.1) is 0 Å². The Kier molecular flexibility index (Phi) is 4.58. The smallest absolute Gasteiger partial charge is 0.123 e. The van der Waals surface area contributed by atoms with Gasteiger partial charge in [0.15, 0.2) is 0 Å². The average Bonchev–Trinajstić information content (AvgIpc) is 2.87. The molecule has 3 rings (SSSR count). The van der Waals surface area contributed by atoms with E-state index in [1.54, 1.807) is 0 Å². The predicted molar refractivity (Wildman–Crippen MR) is 82.3 cm³/mol. The monoisotopic (exact) mass is 274 g/mol. The lowest BCUT2D eigenvalue weighted by Gasteiger charge is -2.34. The molecule has 0 bridgehead atoms. The molecule has 0 aromatic heterocycles. The van der Waals surface area contributed by atoms with Crippen LogP contribution >= 0.6 is 0 Å². The molecular formula is C17H26N2O. The molecule has 3 nitrogen and oxygen atoms in total. The fraction of sp³-hybridized carbons (Fsp3) is 0.647. The highest BCUT2D eigenvalue weighted by Gasteiger charge is 2.27. The number of fused-ring (bicyclic) bond motifs is 1. The lowest BCUT2D eigenvalue weighted by molar-refractivity contribution is 0.120. The molecule has 2 atom stereocenters. The summed E-state index contributed by atoms with van der Waals surface area (Å²) >= 11 is 0. The van der Waals surface area contributed by atoms with Gasteiger partial charge in [-0.05, 0) is 44.0 Å². The predicted octanol–water partition coefficient (Wildman–Crippen LogP) is 2.45. The molecule has 0 amide bonds. The Bertz CT molecular complexity index is 410. The highest BCUT2D eigenvalue weighted by molar-refractivity contribution is 5.37. The van der Waals surface area contributed by atoms with Crippen LogP contribution in [-0.4, -0.2) is 43.2 Å². The maximum absolute atomic E-state index is 6.06. The quantitative estimate of drug-likeness (QED) is 0.892. The first-order valence-electron chi connectivity index (χ1n) is 8.05. The van der Waals surface area contributed by atoms with Crippen molar-refractivity contribution < 1.29 is 4.74 Å². The van der Waals surface area contributed by atoms with E-state index in [1.165, 1.54) is 37.9 Å². The second-order valence-corrected chi connectivity index (χ2v) is 6.10. The van der Waals surface area contributed by atoms with Gasteiger partial charge in [0.25, 0.3) is 0 Å². The highest BCUT2D eigenvalue weighted by Crippen LogP contribution is 2.28. The lowest BCUT2D eigenvalue weighted by Crippen LogP contribution is -2.48. The standard InChI is InChI=1S/C17H26N2O/c1-2-9-18-15-7-5-10-19(12-15)13-16-11-14-6-3-4-8-17(14)20-16/h3-4,6,8,15-16,18H,2,5,7,9-13H2,1H3. The Labute approximate surface area is 122 Å². The number of nitrogens with one attached hydrogen (secondary N) is 1. The van der Waals surface area contributed by atoms with Gasteiger partial charge < -0.3 is 10.1 Å². The van der Waals surface area contributed by atoms with Crippen LogP contribution in [0.15, 0.2) is 24.3 Å². The van der Waals surface area contributed by atoms with Gasteiger partial charge in [0.1, 0.15) is 11.9 Å². The van der Waals surface area contributed by atoms with E-state index in [4.69, 9.17) is 4.74 Å². The first-order valence-corrected chi connectivity index (χ1v) is 8.05. The van der Waals surface area contributed by atoms with Crippen molar-refractivity contribution in [3.8, 4) is 5.75 Å². The number of piperidine rings is 1. The minimum atomic E-state index is 0.345. The number of hydrogen-bond donors (Lipinski definition) is 1. The van der Waals surface area contributed by atoms with Crippen molar-refractivity contribution in [1.82, 2.24) is 10.2 Å². The van der Waals surface area contributed by atoms with Crippen molar-refractivity contribution in [2.24, 2.45) is 0 Å². The van der Waals surface area contributed by atoms with Crippen LogP contribution in [0.1, 0.15) is 31.7 Å². The normalized spacial score (nSPS) is 26.2. The van der Waals surface area contributed by atoms with E-state index in [0.717, 1.165) is 25.3 Å². The molecule has 1 saturated heterocycles. The van der Waals surface area contributed by atoms with Crippen LogP contribution in [0.4, 0.5) is 0 Å². The number of nitrogens with zero attached hydrogens (tertiary/aromatic N) is 1. The van der Waals surface area contributed by atoms with Gasteiger partial charge in [-0.3, -0.25) is 4.90 Å². The van der Waals surface area contributed by atoms with E-state index in [2.05, 4.69) is 41.4 Å². The molecule has 0 radical (unpaired) electrons. The van der Waals surface area contributed by atoms with Gasteiger partial charge >= 0.3 is 0 Å². The molecule has 2 heterocycles. The molecular weight excluding hydrogens is 248 g/mol. The number of hydrogen-bond acceptors (Lipinski definition) is 3. The van der Waals surface area contributed by atoms with Gasteiger partial charge in [-0.2, -0.15) is 0 Å².